The lowest BCUT2D eigenvalue weighted by molar-refractivity contribution is 0.0869. The molecule has 1 amide bonds. The SMILES string of the molecule is Cc1cc(NC(=O)c2cc3nc(-c4ccco4)cc(C(F)(F)Cl)n3n2)no1. The number of nitrogens with zero attached hydrogens (tertiary/aromatic N) is 4. The number of furan rings is 1. The monoisotopic (exact) mass is 393 g/mol. The summed E-state index contributed by atoms with van der Waals surface area (Å²) in [6.07, 6.45) is 1.38. The van der Waals surface area contributed by atoms with E-state index in [0.717, 1.165) is 10.6 Å². The molecule has 0 spiro atoms. The van der Waals surface area contributed by atoms with Crippen LogP contribution in [0.15, 0.2) is 45.5 Å². The summed E-state index contributed by atoms with van der Waals surface area (Å²) in [6.45, 7) is 1.66. The van der Waals surface area contributed by atoms with Gasteiger partial charge in [-0.3, -0.25) is 4.79 Å². The van der Waals surface area contributed by atoms with Gasteiger partial charge in [-0.1, -0.05) is 5.16 Å². The molecule has 0 fully saturated rings. The molecule has 0 aliphatic rings. The van der Waals surface area contributed by atoms with Crippen LogP contribution < -0.4 is 5.32 Å². The number of aryl methyl sites for hydroxylation is 1. The summed E-state index contributed by atoms with van der Waals surface area (Å²) in [5.41, 5.74) is -0.679. The second-order valence-electron chi connectivity index (χ2n) is 5.58. The van der Waals surface area contributed by atoms with E-state index in [1.54, 1.807) is 19.1 Å². The standard InChI is InChI=1S/C16H10ClF2N5O3/c1-8-5-13(23-27-8)21-15(25)10-7-14-20-9(11-3-2-4-26-11)6-12(16(17,18)19)24(14)22-10/h2-7H,1H3,(H,21,23,25). The van der Waals surface area contributed by atoms with Gasteiger partial charge in [0, 0.05) is 12.1 Å². The molecule has 0 bridgehead atoms. The summed E-state index contributed by atoms with van der Waals surface area (Å²) in [4.78, 5) is 16.5. The quantitative estimate of drug-likeness (QED) is 0.529. The Morgan fingerprint density at radius 3 is 2.78 bits per heavy atom. The van der Waals surface area contributed by atoms with E-state index in [0.29, 0.717) is 5.76 Å². The van der Waals surface area contributed by atoms with Gasteiger partial charge in [-0.25, -0.2) is 9.50 Å². The fourth-order valence-corrected chi connectivity index (χ4v) is 2.58. The third-order valence-electron chi connectivity index (χ3n) is 3.59. The molecule has 0 aliphatic heterocycles. The van der Waals surface area contributed by atoms with Crippen molar-refractivity contribution in [3.05, 3.63) is 53.7 Å². The van der Waals surface area contributed by atoms with E-state index in [-0.39, 0.29) is 28.6 Å². The summed E-state index contributed by atoms with van der Waals surface area (Å²) in [5.74, 6) is 0.262. The highest BCUT2D eigenvalue weighted by Gasteiger charge is 2.33. The van der Waals surface area contributed by atoms with Crippen LogP contribution >= 0.6 is 11.6 Å². The lowest BCUT2D eigenvalue weighted by Gasteiger charge is -2.11. The van der Waals surface area contributed by atoms with Gasteiger partial charge in [0.15, 0.2) is 22.9 Å². The van der Waals surface area contributed by atoms with E-state index in [1.165, 1.54) is 18.4 Å². The van der Waals surface area contributed by atoms with E-state index in [2.05, 4.69) is 20.6 Å². The molecule has 0 aromatic carbocycles. The Bertz CT molecular complexity index is 1130. The van der Waals surface area contributed by atoms with Crippen LogP contribution in [0.2, 0.25) is 0 Å². The zero-order valence-electron chi connectivity index (χ0n) is 13.6. The fourth-order valence-electron chi connectivity index (χ4n) is 2.44. The minimum absolute atomic E-state index is 0.000656. The Labute approximate surface area is 154 Å². The van der Waals surface area contributed by atoms with E-state index < -0.39 is 17.0 Å². The Morgan fingerprint density at radius 2 is 2.15 bits per heavy atom. The highest BCUT2D eigenvalue weighted by molar-refractivity contribution is 6.21. The van der Waals surface area contributed by atoms with Crippen molar-refractivity contribution in [1.29, 1.82) is 0 Å². The first-order chi connectivity index (χ1) is 12.8. The molecule has 27 heavy (non-hydrogen) atoms. The minimum atomic E-state index is -3.74. The molecule has 8 nitrogen and oxygen atoms in total. The maximum absolute atomic E-state index is 13.9. The van der Waals surface area contributed by atoms with Crippen molar-refractivity contribution >= 4 is 29.0 Å². The fraction of sp³-hybridized carbons (Fsp3) is 0.125. The van der Waals surface area contributed by atoms with Crippen molar-refractivity contribution in [3.63, 3.8) is 0 Å². The first-order valence-electron chi connectivity index (χ1n) is 7.58. The first-order valence-corrected chi connectivity index (χ1v) is 7.95. The van der Waals surface area contributed by atoms with Crippen molar-refractivity contribution in [3.8, 4) is 11.5 Å². The van der Waals surface area contributed by atoms with Crippen LogP contribution in [-0.4, -0.2) is 25.7 Å². The van der Waals surface area contributed by atoms with E-state index in [9.17, 15) is 13.6 Å². The average Bonchev–Trinajstić information content (AvgIpc) is 3.32. The zero-order chi connectivity index (χ0) is 19.2. The topological polar surface area (TPSA) is 98.5 Å². The Hall–Kier alpha value is -3.27. The maximum atomic E-state index is 13.9. The molecule has 138 valence electrons. The molecular formula is C16H10ClF2N5O3. The minimum Gasteiger partial charge on any atom is -0.463 e. The third kappa shape index (κ3) is 3.26. The van der Waals surface area contributed by atoms with Crippen molar-refractivity contribution in [1.82, 2.24) is 19.8 Å². The number of carbonyl (C=O) groups excluding carboxylic acids is 1. The lowest BCUT2D eigenvalue weighted by Crippen LogP contribution is -2.15. The summed E-state index contributed by atoms with van der Waals surface area (Å²) in [7, 11) is 0. The normalized spacial score (nSPS) is 11.9. The molecule has 0 aliphatic carbocycles. The third-order valence-corrected chi connectivity index (χ3v) is 3.79. The molecule has 4 aromatic heterocycles. The second-order valence-corrected chi connectivity index (χ2v) is 6.05. The molecule has 4 aromatic rings. The lowest BCUT2D eigenvalue weighted by atomic mass is 10.2. The van der Waals surface area contributed by atoms with Crippen LogP contribution in [0.5, 0.6) is 0 Å². The number of halogens is 3. The van der Waals surface area contributed by atoms with Crippen LogP contribution in [0.1, 0.15) is 21.9 Å². The molecule has 1 N–H and O–H groups in total. The zero-order valence-corrected chi connectivity index (χ0v) is 14.4. The number of anilines is 1. The van der Waals surface area contributed by atoms with E-state index in [4.69, 9.17) is 20.5 Å². The van der Waals surface area contributed by atoms with Crippen LogP contribution in [0, 0.1) is 6.92 Å². The van der Waals surface area contributed by atoms with Crippen LogP contribution in [0.25, 0.3) is 17.1 Å². The number of hydrogen-bond donors (Lipinski definition) is 1. The molecule has 0 atom stereocenters. The van der Waals surface area contributed by atoms with Crippen LogP contribution in [0.3, 0.4) is 0 Å². The largest absolute Gasteiger partial charge is 0.463 e. The van der Waals surface area contributed by atoms with Crippen LogP contribution in [-0.2, 0) is 5.38 Å². The van der Waals surface area contributed by atoms with Gasteiger partial charge in [0.1, 0.15) is 17.1 Å². The molecule has 0 unspecified atom stereocenters. The molecule has 11 heteroatoms. The number of carbonyl (C=O) groups is 1. The number of amides is 1. The number of alkyl halides is 3. The van der Waals surface area contributed by atoms with Gasteiger partial charge >= 0.3 is 5.38 Å². The number of fused-ring (bicyclic) bond motifs is 1. The smallest absolute Gasteiger partial charge is 0.364 e. The van der Waals surface area contributed by atoms with Gasteiger partial charge in [0.2, 0.25) is 0 Å². The molecule has 4 rings (SSSR count). The van der Waals surface area contributed by atoms with Gasteiger partial charge in [-0.2, -0.15) is 13.9 Å². The number of rotatable bonds is 4. The summed E-state index contributed by atoms with van der Waals surface area (Å²) >= 11 is 5.22. The van der Waals surface area contributed by atoms with Gasteiger partial charge in [-0.15, -0.1) is 0 Å². The Morgan fingerprint density at radius 1 is 1.33 bits per heavy atom. The summed E-state index contributed by atoms with van der Waals surface area (Å²) < 4.78 is 38.6. The van der Waals surface area contributed by atoms with Gasteiger partial charge in [0.05, 0.1) is 6.26 Å². The van der Waals surface area contributed by atoms with Crippen LogP contribution in [0.4, 0.5) is 14.6 Å². The van der Waals surface area contributed by atoms with Crippen molar-refractivity contribution in [2.45, 2.75) is 12.3 Å². The average molecular weight is 394 g/mol. The molecule has 0 radical (unpaired) electrons. The number of nitrogens with one attached hydrogen (secondary N) is 1. The van der Waals surface area contributed by atoms with Crippen molar-refractivity contribution in [2.24, 2.45) is 0 Å². The molecular weight excluding hydrogens is 384 g/mol. The summed E-state index contributed by atoms with van der Waals surface area (Å²) in [5, 5.41) is 6.23. The molecule has 4 heterocycles. The first kappa shape index (κ1) is 17.2. The Kier molecular flexibility index (Phi) is 3.92. The second kappa shape index (κ2) is 6.16. The van der Waals surface area contributed by atoms with E-state index >= 15 is 0 Å². The molecule has 0 saturated carbocycles. The Balaban J connectivity index is 1.79. The predicted octanol–water partition coefficient (Wildman–Crippen LogP) is 3.83. The summed E-state index contributed by atoms with van der Waals surface area (Å²) in [6, 6.07) is 6.95. The number of hydrogen-bond acceptors (Lipinski definition) is 6. The predicted molar refractivity (Wildman–Crippen MR) is 89.6 cm³/mol. The molecule has 0 saturated heterocycles. The van der Waals surface area contributed by atoms with Gasteiger partial charge < -0.3 is 14.3 Å². The van der Waals surface area contributed by atoms with E-state index in [1.807, 2.05) is 0 Å². The van der Waals surface area contributed by atoms with Gasteiger partial charge in [0.25, 0.3) is 5.91 Å². The highest BCUT2D eigenvalue weighted by Crippen LogP contribution is 2.34. The van der Waals surface area contributed by atoms with Crippen molar-refractivity contribution in [2.75, 3.05) is 5.32 Å². The van der Waals surface area contributed by atoms with Gasteiger partial charge in [-0.05, 0) is 36.7 Å². The highest BCUT2D eigenvalue weighted by atomic mass is 35.5. The van der Waals surface area contributed by atoms with Crippen molar-refractivity contribution < 1.29 is 22.5 Å². The maximum Gasteiger partial charge on any atom is 0.364 e. The number of aromatic nitrogens is 4.